The summed E-state index contributed by atoms with van der Waals surface area (Å²) >= 11 is 0. The van der Waals surface area contributed by atoms with Gasteiger partial charge in [0.05, 0.1) is 18.8 Å². The fraction of sp³-hybridized carbons (Fsp3) is 0.500. The van der Waals surface area contributed by atoms with Gasteiger partial charge in [0.2, 0.25) is 15.9 Å². The molecule has 0 bridgehead atoms. The third-order valence-corrected chi connectivity index (χ3v) is 4.45. The zero-order valence-electron chi connectivity index (χ0n) is 12.6. The lowest BCUT2D eigenvalue weighted by atomic mass is 9.95. The fourth-order valence-electron chi connectivity index (χ4n) is 2.65. The van der Waals surface area contributed by atoms with Crippen LogP contribution < -0.4 is 4.72 Å². The molecule has 1 aromatic carbocycles. The summed E-state index contributed by atoms with van der Waals surface area (Å²) in [6, 6.07) is 1.39. The molecule has 0 aromatic heterocycles. The summed E-state index contributed by atoms with van der Waals surface area (Å²) in [4.78, 5) is 13.3. The largest absolute Gasteiger partial charge is 0.338 e. The normalized spacial score (nSPS) is 23.1. The molecule has 9 heteroatoms. The molecular weight excluding hydrogens is 333 g/mol. The Hall–Kier alpha value is -1.61. The zero-order chi connectivity index (χ0) is 17.4. The van der Waals surface area contributed by atoms with Crippen LogP contribution in [-0.2, 0) is 20.5 Å². The minimum Gasteiger partial charge on any atom is -0.338 e. The number of benzene rings is 1. The molecule has 0 spiro atoms. The third-order valence-electron chi connectivity index (χ3n) is 3.67. The van der Waals surface area contributed by atoms with E-state index in [9.17, 15) is 26.4 Å². The second-order valence-corrected chi connectivity index (χ2v) is 7.52. The second kappa shape index (κ2) is 6.12. The molecule has 1 fully saturated rings. The number of amides is 1. The third kappa shape index (κ3) is 4.23. The van der Waals surface area contributed by atoms with Gasteiger partial charge in [-0.15, -0.1) is 0 Å². The Morgan fingerprint density at radius 2 is 1.87 bits per heavy atom. The van der Waals surface area contributed by atoms with Crippen LogP contribution in [0.25, 0.3) is 0 Å². The highest BCUT2D eigenvalue weighted by atomic mass is 32.2. The van der Waals surface area contributed by atoms with Crippen LogP contribution in [0.5, 0.6) is 0 Å². The summed E-state index contributed by atoms with van der Waals surface area (Å²) in [5, 5.41) is 0. The maximum Gasteiger partial charge on any atom is 0.240 e. The molecule has 128 valence electrons. The molecule has 2 unspecified atom stereocenters. The van der Waals surface area contributed by atoms with Crippen molar-refractivity contribution in [1.82, 2.24) is 9.62 Å². The molecule has 23 heavy (non-hydrogen) atoms. The van der Waals surface area contributed by atoms with E-state index in [1.165, 1.54) is 6.92 Å². The van der Waals surface area contributed by atoms with Crippen molar-refractivity contribution in [3.8, 4) is 0 Å². The first-order valence-electron chi connectivity index (χ1n) is 6.92. The number of sulfonamides is 1. The SMILES string of the molecule is CC(NS(C)(=O)=O)C(=O)N1CCC(F)(c2cc(F)cc(F)c2)C1. The molecule has 1 amide bonds. The predicted octanol–water partition coefficient (Wildman–Crippen LogP) is 1.30. The highest BCUT2D eigenvalue weighted by Crippen LogP contribution is 2.37. The Morgan fingerprint density at radius 3 is 2.39 bits per heavy atom. The summed E-state index contributed by atoms with van der Waals surface area (Å²) in [5.74, 6) is -2.38. The van der Waals surface area contributed by atoms with Crippen molar-refractivity contribution in [3.05, 3.63) is 35.4 Å². The number of rotatable bonds is 4. The predicted molar refractivity (Wildman–Crippen MR) is 77.8 cm³/mol. The van der Waals surface area contributed by atoms with E-state index in [2.05, 4.69) is 4.72 Å². The molecule has 1 heterocycles. The highest BCUT2D eigenvalue weighted by Gasteiger charge is 2.43. The number of halogens is 3. The topological polar surface area (TPSA) is 66.5 Å². The number of nitrogens with one attached hydrogen (secondary N) is 1. The molecule has 0 radical (unpaired) electrons. The van der Waals surface area contributed by atoms with E-state index < -0.39 is 39.3 Å². The van der Waals surface area contributed by atoms with Gasteiger partial charge in [-0.2, -0.15) is 0 Å². The molecule has 1 aliphatic rings. The number of likely N-dealkylation sites (tertiary alicyclic amines) is 1. The maximum atomic E-state index is 15.0. The zero-order valence-corrected chi connectivity index (χ0v) is 13.5. The highest BCUT2D eigenvalue weighted by molar-refractivity contribution is 7.88. The van der Waals surface area contributed by atoms with Crippen LogP contribution in [0.3, 0.4) is 0 Å². The molecule has 0 saturated carbocycles. The van der Waals surface area contributed by atoms with Crippen molar-refractivity contribution in [2.75, 3.05) is 19.3 Å². The number of nitrogens with zero attached hydrogens (tertiary/aromatic N) is 1. The van der Waals surface area contributed by atoms with Gasteiger partial charge in [0.25, 0.3) is 0 Å². The van der Waals surface area contributed by atoms with Crippen molar-refractivity contribution >= 4 is 15.9 Å². The monoisotopic (exact) mass is 350 g/mol. The van der Waals surface area contributed by atoms with Crippen molar-refractivity contribution < 1.29 is 26.4 Å². The molecule has 1 saturated heterocycles. The van der Waals surface area contributed by atoms with Crippen LogP contribution in [0.1, 0.15) is 18.9 Å². The van der Waals surface area contributed by atoms with E-state index in [1.807, 2.05) is 0 Å². The molecule has 0 aliphatic carbocycles. The van der Waals surface area contributed by atoms with Crippen LogP contribution in [-0.4, -0.2) is 44.6 Å². The first-order chi connectivity index (χ1) is 10.5. The van der Waals surface area contributed by atoms with Gasteiger partial charge >= 0.3 is 0 Å². The van der Waals surface area contributed by atoms with Gasteiger partial charge in [-0.3, -0.25) is 4.79 Å². The molecule has 2 atom stereocenters. The smallest absolute Gasteiger partial charge is 0.240 e. The maximum absolute atomic E-state index is 15.0. The van der Waals surface area contributed by atoms with Crippen LogP contribution in [0.2, 0.25) is 0 Å². The number of carbonyl (C=O) groups is 1. The van der Waals surface area contributed by atoms with Crippen LogP contribution in [0.15, 0.2) is 18.2 Å². The summed E-state index contributed by atoms with van der Waals surface area (Å²) in [6.07, 6.45) is 0.795. The van der Waals surface area contributed by atoms with Crippen LogP contribution >= 0.6 is 0 Å². The van der Waals surface area contributed by atoms with Crippen molar-refractivity contribution in [1.29, 1.82) is 0 Å². The Balaban J connectivity index is 2.14. The lowest BCUT2D eigenvalue weighted by Gasteiger charge is -2.24. The van der Waals surface area contributed by atoms with Gasteiger partial charge in [-0.1, -0.05) is 0 Å². The van der Waals surface area contributed by atoms with Gasteiger partial charge < -0.3 is 4.90 Å². The Labute approximate surface area is 132 Å². The van der Waals surface area contributed by atoms with E-state index in [0.717, 1.165) is 23.3 Å². The molecular formula is C14H17F3N2O3S. The van der Waals surface area contributed by atoms with Gasteiger partial charge in [-0.25, -0.2) is 26.3 Å². The average molecular weight is 350 g/mol. The number of alkyl halides is 1. The number of carbonyl (C=O) groups excluding carboxylic acids is 1. The molecule has 5 nitrogen and oxygen atoms in total. The average Bonchev–Trinajstić information content (AvgIpc) is 2.79. The Kier molecular flexibility index (Phi) is 4.72. The van der Waals surface area contributed by atoms with E-state index in [4.69, 9.17) is 0 Å². The van der Waals surface area contributed by atoms with E-state index in [0.29, 0.717) is 6.07 Å². The molecule has 1 aliphatic heterocycles. The van der Waals surface area contributed by atoms with Crippen LogP contribution in [0, 0.1) is 11.6 Å². The summed E-state index contributed by atoms with van der Waals surface area (Å²) in [7, 11) is -3.58. The first-order valence-corrected chi connectivity index (χ1v) is 8.81. The van der Waals surface area contributed by atoms with Crippen molar-refractivity contribution in [2.45, 2.75) is 25.1 Å². The molecule has 1 aromatic rings. The lowest BCUT2D eigenvalue weighted by molar-refractivity contribution is -0.132. The van der Waals surface area contributed by atoms with E-state index in [1.54, 1.807) is 0 Å². The van der Waals surface area contributed by atoms with Crippen LogP contribution in [0.4, 0.5) is 13.2 Å². The number of hydrogen-bond donors (Lipinski definition) is 1. The molecule has 1 N–H and O–H groups in total. The van der Waals surface area contributed by atoms with Crippen molar-refractivity contribution in [3.63, 3.8) is 0 Å². The Morgan fingerprint density at radius 1 is 1.30 bits per heavy atom. The van der Waals surface area contributed by atoms with Gasteiger partial charge in [0.1, 0.15) is 11.6 Å². The minimum absolute atomic E-state index is 0.0310. The standard InChI is InChI=1S/C14H17F3N2O3S/c1-9(18-23(2,21)22)13(20)19-4-3-14(17,8-19)10-5-11(15)7-12(16)6-10/h5-7,9,18H,3-4,8H2,1-2H3. The summed E-state index contributed by atoms with van der Waals surface area (Å²) in [6.45, 7) is 0.997. The summed E-state index contributed by atoms with van der Waals surface area (Å²) in [5.41, 5.74) is -2.24. The van der Waals surface area contributed by atoms with E-state index in [-0.39, 0.29) is 25.1 Å². The van der Waals surface area contributed by atoms with Gasteiger partial charge in [0.15, 0.2) is 5.67 Å². The van der Waals surface area contributed by atoms with Crippen molar-refractivity contribution in [2.24, 2.45) is 0 Å². The summed E-state index contributed by atoms with van der Waals surface area (Å²) < 4.78 is 65.9. The second-order valence-electron chi connectivity index (χ2n) is 5.74. The lowest BCUT2D eigenvalue weighted by Crippen LogP contribution is -2.46. The van der Waals surface area contributed by atoms with E-state index >= 15 is 0 Å². The minimum atomic E-state index is -3.58. The molecule has 2 rings (SSSR count). The Bertz CT molecular complexity index is 706. The fourth-order valence-corrected chi connectivity index (χ4v) is 3.40. The first kappa shape index (κ1) is 17.7. The number of hydrogen-bond acceptors (Lipinski definition) is 3. The van der Waals surface area contributed by atoms with Gasteiger partial charge in [-0.05, 0) is 24.6 Å². The quantitative estimate of drug-likeness (QED) is 0.890. The van der Waals surface area contributed by atoms with Gasteiger partial charge in [0, 0.05) is 19.0 Å².